The van der Waals surface area contributed by atoms with Gasteiger partial charge in [0, 0.05) is 23.9 Å². The molecule has 1 rings (SSSR count). The first-order valence-corrected chi connectivity index (χ1v) is 4.60. The van der Waals surface area contributed by atoms with Crippen LogP contribution in [0.1, 0.15) is 12.8 Å². The van der Waals surface area contributed by atoms with Crippen LogP contribution >= 0.6 is 22.6 Å². The van der Waals surface area contributed by atoms with Gasteiger partial charge < -0.3 is 4.90 Å². The van der Waals surface area contributed by atoms with E-state index in [0.717, 1.165) is 17.3 Å². The maximum absolute atomic E-state index is 10.9. The molecule has 52 valence electrons. The van der Waals surface area contributed by atoms with E-state index in [4.69, 9.17) is 0 Å². The van der Waals surface area contributed by atoms with Crippen molar-refractivity contribution >= 4 is 28.5 Å². The second-order valence-corrected chi connectivity index (χ2v) is 3.23. The predicted molar refractivity (Wildman–Crippen MR) is 44.7 cm³/mol. The molecule has 0 bridgehead atoms. The largest absolute Gasteiger partial charge is 0.342 e. The molecule has 0 aromatic heterocycles. The van der Waals surface area contributed by atoms with Crippen LogP contribution in [0.15, 0.2) is 0 Å². The van der Waals surface area contributed by atoms with Gasteiger partial charge in [-0.2, -0.15) is 0 Å². The summed E-state index contributed by atoms with van der Waals surface area (Å²) in [6.45, 7) is 0. The highest BCUT2D eigenvalue weighted by atomic mass is 127. The first kappa shape index (κ1) is 7.31. The molecule has 1 heterocycles. The molecule has 0 saturated carbocycles. The first-order valence-electron chi connectivity index (χ1n) is 3.07. The molecule has 0 aromatic rings. The molecule has 0 spiro atoms. The first-order chi connectivity index (χ1) is 4.25. The van der Waals surface area contributed by atoms with Crippen molar-refractivity contribution in [3.05, 3.63) is 0 Å². The monoisotopic (exact) mass is 239 g/mol. The molecule has 2 nitrogen and oxygen atoms in total. The molecule has 1 saturated heterocycles. The Kier molecular flexibility index (Phi) is 2.32. The van der Waals surface area contributed by atoms with Crippen LogP contribution < -0.4 is 0 Å². The number of likely N-dealkylation sites (tertiary alicyclic amines) is 1. The molecule has 0 aromatic carbocycles. The van der Waals surface area contributed by atoms with Crippen molar-refractivity contribution in [2.75, 3.05) is 11.5 Å². The van der Waals surface area contributed by atoms with Crippen molar-refractivity contribution in [2.24, 2.45) is 0 Å². The quantitative estimate of drug-likeness (QED) is 0.494. The highest BCUT2D eigenvalue weighted by Crippen LogP contribution is 2.17. The van der Waals surface area contributed by atoms with Crippen LogP contribution in [0.25, 0.3) is 0 Å². The van der Waals surface area contributed by atoms with E-state index in [0.29, 0.717) is 11.9 Å². The number of rotatable bonds is 1. The molecule has 0 radical (unpaired) electrons. The number of carbonyl (C=O) groups is 1. The van der Waals surface area contributed by atoms with E-state index in [1.165, 1.54) is 0 Å². The SMILES string of the molecule is CN1C(=O)CCC1CI. The van der Waals surface area contributed by atoms with Crippen molar-refractivity contribution < 1.29 is 4.79 Å². The summed E-state index contributed by atoms with van der Waals surface area (Å²) in [6, 6.07) is 0.512. The Labute approximate surface area is 68.7 Å². The highest BCUT2D eigenvalue weighted by Gasteiger charge is 2.25. The number of nitrogens with zero attached hydrogens (tertiary/aromatic N) is 1. The van der Waals surface area contributed by atoms with Gasteiger partial charge >= 0.3 is 0 Å². The lowest BCUT2D eigenvalue weighted by atomic mass is 10.2. The fourth-order valence-corrected chi connectivity index (χ4v) is 2.08. The van der Waals surface area contributed by atoms with Crippen LogP contribution in [-0.4, -0.2) is 28.3 Å². The molecular formula is C6H10INO. The molecule has 9 heavy (non-hydrogen) atoms. The fraction of sp³-hybridized carbons (Fsp3) is 0.833. The van der Waals surface area contributed by atoms with Crippen LogP contribution in [0, 0.1) is 0 Å². The summed E-state index contributed by atoms with van der Waals surface area (Å²) in [7, 11) is 1.89. The maximum atomic E-state index is 10.9. The van der Waals surface area contributed by atoms with Crippen LogP contribution in [0.4, 0.5) is 0 Å². The zero-order valence-corrected chi connectivity index (χ0v) is 7.59. The second-order valence-electron chi connectivity index (χ2n) is 2.35. The van der Waals surface area contributed by atoms with E-state index in [-0.39, 0.29) is 0 Å². The Hall–Kier alpha value is 0.200. The topological polar surface area (TPSA) is 20.3 Å². The summed E-state index contributed by atoms with van der Waals surface area (Å²) in [5.41, 5.74) is 0. The number of amides is 1. The van der Waals surface area contributed by atoms with E-state index in [1.807, 2.05) is 11.9 Å². The molecule has 1 fully saturated rings. The van der Waals surface area contributed by atoms with Crippen LogP contribution in [-0.2, 0) is 4.79 Å². The minimum atomic E-state index is 0.302. The molecule has 1 amide bonds. The number of hydrogen-bond donors (Lipinski definition) is 0. The van der Waals surface area contributed by atoms with Crippen molar-refractivity contribution in [3.8, 4) is 0 Å². The number of hydrogen-bond acceptors (Lipinski definition) is 1. The third kappa shape index (κ3) is 1.36. The van der Waals surface area contributed by atoms with Crippen LogP contribution in [0.2, 0.25) is 0 Å². The van der Waals surface area contributed by atoms with Gasteiger partial charge in [-0.25, -0.2) is 0 Å². The van der Waals surface area contributed by atoms with Crippen LogP contribution in [0.5, 0.6) is 0 Å². The lowest BCUT2D eigenvalue weighted by Crippen LogP contribution is -2.29. The molecule has 1 unspecified atom stereocenters. The lowest BCUT2D eigenvalue weighted by Gasteiger charge is -2.16. The summed E-state index contributed by atoms with van der Waals surface area (Å²) in [6.07, 6.45) is 1.81. The Morgan fingerprint density at radius 2 is 2.56 bits per heavy atom. The molecule has 0 N–H and O–H groups in total. The molecule has 1 aliphatic rings. The average molecular weight is 239 g/mol. The minimum Gasteiger partial charge on any atom is -0.342 e. The normalized spacial score (nSPS) is 27.6. The van der Waals surface area contributed by atoms with Gasteiger partial charge in [0.05, 0.1) is 0 Å². The summed E-state index contributed by atoms with van der Waals surface area (Å²) in [4.78, 5) is 12.7. The third-order valence-electron chi connectivity index (χ3n) is 1.81. The van der Waals surface area contributed by atoms with Gasteiger partial charge in [-0.3, -0.25) is 4.79 Å². The Balaban J connectivity index is 2.51. The van der Waals surface area contributed by atoms with Gasteiger partial charge in [-0.05, 0) is 6.42 Å². The Morgan fingerprint density at radius 1 is 1.89 bits per heavy atom. The number of halogens is 1. The van der Waals surface area contributed by atoms with Gasteiger partial charge in [-0.1, -0.05) is 22.6 Å². The minimum absolute atomic E-state index is 0.302. The van der Waals surface area contributed by atoms with E-state index < -0.39 is 0 Å². The Bertz CT molecular complexity index is 126. The van der Waals surface area contributed by atoms with E-state index in [1.54, 1.807) is 0 Å². The third-order valence-corrected chi connectivity index (χ3v) is 2.83. The zero-order valence-electron chi connectivity index (χ0n) is 5.43. The summed E-state index contributed by atoms with van der Waals surface area (Å²) >= 11 is 2.32. The summed E-state index contributed by atoms with van der Waals surface area (Å²) in [5, 5.41) is 0. The summed E-state index contributed by atoms with van der Waals surface area (Å²) < 4.78 is 1.07. The molecule has 1 aliphatic heterocycles. The number of carbonyl (C=O) groups excluding carboxylic acids is 1. The average Bonchev–Trinajstić information content (AvgIpc) is 2.15. The van der Waals surface area contributed by atoms with Gasteiger partial charge in [0.25, 0.3) is 0 Å². The summed E-state index contributed by atoms with van der Waals surface area (Å²) in [5.74, 6) is 0.302. The molecular weight excluding hydrogens is 229 g/mol. The van der Waals surface area contributed by atoms with E-state index >= 15 is 0 Å². The van der Waals surface area contributed by atoms with Gasteiger partial charge in [0.1, 0.15) is 0 Å². The Morgan fingerprint density at radius 3 is 2.78 bits per heavy atom. The lowest BCUT2D eigenvalue weighted by molar-refractivity contribution is -0.127. The molecule has 3 heteroatoms. The smallest absolute Gasteiger partial charge is 0.222 e. The number of alkyl halides is 1. The highest BCUT2D eigenvalue weighted by molar-refractivity contribution is 14.1. The second kappa shape index (κ2) is 2.86. The van der Waals surface area contributed by atoms with E-state index in [9.17, 15) is 4.79 Å². The van der Waals surface area contributed by atoms with Crippen molar-refractivity contribution in [1.82, 2.24) is 4.90 Å². The van der Waals surface area contributed by atoms with Gasteiger partial charge in [0.2, 0.25) is 5.91 Å². The van der Waals surface area contributed by atoms with Crippen LogP contribution in [0.3, 0.4) is 0 Å². The molecule has 0 aliphatic carbocycles. The van der Waals surface area contributed by atoms with Crippen molar-refractivity contribution in [1.29, 1.82) is 0 Å². The predicted octanol–water partition coefficient (Wildman–Crippen LogP) is 1.04. The maximum Gasteiger partial charge on any atom is 0.222 e. The molecule has 1 atom stereocenters. The van der Waals surface area contributed by atoms with Crippen molar-refractivity contribution in [2.45, 2.75) is 18.9 Å². The standard InChI is InChI=1S/C6H10INO/c1-8-5(4-7)2-3-6(8)9/h5H,2-4H2,1H3. The zero-order chi connectivity index (χ0) is 6.85. The van der Waals surface area contributed by atoms with Crippen molar-refractivity contribution in [3.63, 3.8) is 0 Å². The van der Waals surface area contributed by atoms with Gasteiger partial charge in [0.15, 0.2) is 0 Å². The van der Waals surface area contributed by atoms with E-state index in [2.05, 4.69) is 22.6 Å². The van der Waals surface area contributed by atoms with Gasteiger partial charge in [-0.15, -0.1) is 0 Å². The fourth-order valence-electron chi connectivity index (χ4n) is 1.04.